The molecule has 1 unspecified atom stereocenters. The predicted molar refractivity (Wildman–Crippen MR) is 70.2 cm³/mol. The van der Waals surface area contributed by atoms with Crippen LogP contribution in [0.4, 0.5) is 0 Å². The van der Waals surface area contributed by atoms with Crippen molar-refractivity contribution in [3.63, 3.8) is 0 Å². The van der Waals surface area contributed by atoms with Crippen molar-refractivity contribution in [2.45, 2.75) is 20.0 Å². The van der Waals surface area contributed by atoms with Gasteiger partial charge in [-0.1, -0.05) is 18.2 Å². The van der Waals surface area contributed by atoms with Crippen molar-refractivity contribution < 1.29 is 4.74 Å². The Morgan fingerprint density at radius 2 is 2.12 bits per heavy atom. The molecule has 5 heteroatoms. The van der Waals surface area contributed by atoms with Crippen molar-refractivity contribution in [3.05, 3.63) is 29.8 Å². The molecule has 0 bridgehead atoms. The van der Waals surface area contributed by atoms with Crippen LogP contribution < -0.4 is 4.74 Å². The molecule has 0 saturated carbocycles. The molecule has 0 aliphatic carbocycles. The van der Waals surface area contributed by atoms with Gasteiger partial charge >= 0.3 is 0 Å². The van der Waals surface area contributed by atoms with Gasteiger partial charge in [0.25, 0.3) is 0 Å². The third-order valence-corrected chi connectivity index (χ3v) is 2.95. The molecule has 1 aliphatic rings. The van der Waals surface area contributed by atoms with Gasteiger partial charge in [-0.15, -0.1) is 5.11 Å². The highest BCUT2D eigenvalue weighted by Gasteiger charge is 2.28. The maximum atomic E-state index is 5.61. The SMILES string of the molecule is CCOc1ccccc1C1N=NC(=S)N1CC. The Labute approximate surface area is 106 Å². The molecule has 2 rings (SSSR count). The lowest BCUT2D eigenvalue weighted by molar-refractivity contribution is 0.312. The van der Waals surface area contributed by atoms with Crippen molar-refractivity contribution in [1.82, 2.24) is 4.90 Å². The van der Waals surface area contributed by atoms with Gasteiger partial charge in [-0.2, -0.15) is 5.11 Å². The van der Waals surface area contributed by atoms with E-state index < -0.39 is 0 Å². The van der Waals surface area contributed by atoms with Gasteiger partial charge in [0, 0.05) is 12.1 Å². The fraction of sp³-hybridized carbons (Fsp3) is 0.417. The van der Waals surface area contributed by atoms with E-state index in [9.17, 15) is 0 Å². The number of rotatable bonds is 4. The van der Waals surface area contributed by atoms with E-state index in [1.807, 2.05) is 43.0 Å². The third-order valence-electron chi connectivity index (χ3n) is 2.63. The van der Waals surface area contributed by atoms with Crippen LogP contribution in [0.3, 0.4) is 0 Å². The number of hydrogen-bond acceptors (Lipinski definition) is 3. The second-order valence-corrected chi connectivity index (χ2v) is 3.99. The number of azo groups is 1. The van der Waals surface area contributed by atoms with Crippen LogP contribution in [-0.4, -0.2) is 23.2 Å². The van der Waals surface area contributed by atoms with E-state index in [0.29, 0.717) is 11.7 Å². The maximum absolute atomic E-state index is 5.61. The summed E-state index contributed by atoms with van der Waals surface area (Å²) >= 11 is 5.15. The first-order valence-electron chi connectivity index (χ1n) is 5.71. The third kappa shape index (κ3) is 2.29. The van der Waals surface area contributed by atoms with Crippen molar-refractivity contribution in [2.24, 2.45) is 10.2 Å². The molecule has 1 aliphatic heterocycles. The monoisotopic (exact) mass is 249 g/mol. The zero-order valence-electron chi connectivity index (χ0n) is 9.96. The maximum Gasteiger partial charge on any atom is 0.218 e. The Hall–Kier alpha value is -1.49. The van der Waals surface area contributed by atoms with Crippen LogP contribution >= 0.6 is 12.2 Å². The first-order chi connectivity index (χ1) is 8.27. The van der Waals surface area contributed by atoms with Gasteiger partial charge in [-0.3, -0.25) is 0 Å². The van der Waals surface area contributed by atoms with E-state index in [-0.39, 0.29) is 6.17 Å². The molecule has 1 aromatic rings. The average Bonchev–Trinajstić information content (AvgIpc) is 2.71. The Morgan fingerprint density at radius 1 is 1.35 bits per heavy atom. The Balaban J connectivity index is 2.33. The Morgan fingerprint density at radius 3 is 2.82 bits per heavy atom. The van der Waals surface area contributed by atoms with Gasteiger partial charge < -0.3 is 9.64 Å². The van der Waals surface area contributed by atoms with Crippen molar-refractivity contribution in [1.29, 1.82) is 0 Å². The number of hydrogen-bond donors (Lipinski definition) is 0. The smallest absolute Gasteiger partial charge is 0.218 e. The second kappa shape index (κ2) is 5.23. The molecule has 90 valence electrons. The van der Waals surface area contributed by atoms with E-state index in [0.717, 1.165) is 17.9 Å². The molecular formula is C12H15N3OS. The van der Waals surface area contributed by atoms with Crippen LogP contribution in [0.2, 0.25) is 0 Å². The fourth-order valence-corrected chi connectivity index (χ4v) is 2.12. The van der Waals surface area contributed by atoms with Gasteiger partial charge in [-0.05, 0) is 32.1 Å². The van der Waals surface area contributed by atoms with Gasteiger partial charge in [0.15, 0.2) is 6.17 Å². The molecule has 1 heterocycles. The standard InChI is InChI=1S/C12H15N3OS/c1-3-15-11(13-14-12(15)17)9-7-5-6-8-10(9)16-4-2/h5-8,11H,3-4H2,1-2H3. The molecule has 0 fully saturated rings. The van der Waals surface area contributed by atoms with Crippen molar-refractivity contribution in [2.75, 3.05) is 13.2 Å². The molecule has 0 N–H and O–H groups in total. The zero-order chi connectivity index (χ0) is 12.3. The summed E-state index contributed by atoms with van der Waals surface area (Å²) in [7, 11) is 0. The largest absolute Gasteiger partial charge is 0.493 e. The molecule has 1 aromatic carbocycles. The van der Waals surface area contributed by atoms with Gasteiger partial charge in [0.2, 0.25) is 5.11 Å². The van der Waals surface area contributed by atoms with Crippen LogP contribution in [0.5, 0.6) is 5.75 Å². The van der Waals surface area contributed by atoms with E-state index in [2.05, 4.69) is 10.2 Å². The highest BCUT2D eigenvalue weighted by Crippen LogP contribution is 2.34. The molecule has 17 heavy (non-hydrogen) atoms. The minimum Gasteiger partial charge on any atom is -0.493 e. The van der Waals surface area contributed by atoms with Crippen LogP contribution in [0.1, 0.15) is 25.6 Å². The first-order valence-corrected chi connectivity index (χ1v) is 6.12. The Kier molecular flexibility index (Phi) is 3.68. The summed E-state index contributed by atoms with van der Waals surface area (Å²) in [6.45, 7) is 5.43. The average molecular weight is 249 g/mol. The minimum atomic E-state index is -0.143. The van der Waals surface area contributed by atoms with Crippen molar-refractivity contribution >= 4 is 17.3 Å². The summed E-state index contributed by atoms with van der Waals surface area (Å²) in [5.74, 6) is 0.849. The topological polar surface area (TPSA) is 37.2 Å². The van der Waals surface area contributed by atoms with E-state index in [1.54, 1.807) is 0 Å². The molecular weight excluding hydrogens is 234 g/mol. The molecule has 0 aromatic heterocycles. The number of nitrogens with zero attached hydrogens (tertiary/aromatic N) is 3. The van der Waals surface area contributed by atoms with Gasteiger partial charge in [0.1, 0.15) is 5.75 Å². The lowest BCUT2D eigenvalue weighted by Gasteiger charge is -2.23. The number of benzene rings is 1. The lowest BCUT2D eigenvalue weighted by atomic mass is 10.1. The van der Waals surface area contributed by atoms with Gasteiger partial charge in [0.05, 0.1) is 6.61 Å². The molecule has 0 radical (unpaired) electrons. The summed E-state index contributed by atoms with van der Waals surface area (Å²) in [6, 6.07) is 7.88. The summed E-state index contributed by atoms with van der Waals surface area (Å²) < 4.78 is 5.61. The number of ether oxygens (including phenoxy) is 1. The number of thiocarbonyl (C=S) groups is 1. The first kappa shape index (κ1) is 12.0. The molecule has 4 nitrogen and oxygen atoms in total. The highest BCUT2D eigenvalue weighted by molar-refractivity contribution is 7.80. The molecule has 1 atom stereocenters. The summed E-state index contributed by atoms with van der Waals surface area (Å²) in [6.07, 6.45) is -0.143. The lowest BCUT2D eigenvalue weighted by Crippen LogP contribution is -2.27. The Bertz CT molecular complexity index is 447. The van der Waals surface area contributed by atoms with Crippen LogP contribution in [-0.2, 0) is 0 Å². The summed E-state index contributed by atoms with van der Waals surface area (Å²) in [4.78, 5) is 1.98. The minimum absolute atomic E-state index is 0.143. The quantitative estimate of drug-likeness (QED) is 0.769. The normalized spacial score (nSPS) is 18.8. The van der Waals surface area contributed by atoms with Crippen molar-refractivity contribution in [3.8, 4) is 5.75 Å². The molecule has 0 saturated heterocycles. The zero-order valence-corrected chi connectivity index (χ0v) is 10.8. The molecule has 0 spiro atoms. The summed E-state index contributed by atoms with van der Waals surface area (Å²) in [5, 5.41) is 8.73. The summed E-state index contributed by atoms with van der Waals surface area (Å²) in [5.41, 5.74) is 1.01. The van der Waals surface area contributed by atoms with E-state index in [4.69, 9.17) is 17.0 Å². The van der Waals surface area contributed by atoms with Crippen LogP contribution in [0.15, 0.2) is 34.5 Å². The second-order valence-electron chi connectivity index (χ2n) is 3.63. The van der Waals surface area contributed by atoms with Gasteiger partial charge in [-0.25, -0.2) is 0 Å². The van der Waals surface area contributed by atoms with Crippen LogP contribution in [0.25, 0.3) is 0 Å². The fourth-order valence-electron chi connectivity index (χ4n) is 1.85. The van der Waals surface area contributed by atoms with Crippen LogP contribution in [0, 0.1) is 0 Å². The van der Waals surface area contributed by atoms with E-state index in [1.165, 1.54) is 0 Å². The highest BCUT2D eigenvalue weighted by atomic mass is 32.1. The molecule has 0 amide bonds. The number of para-hydroxylation sites is 1. The van der Waals surface area contributed by atoms with E-state index >= 15 is 0 Å². The predicted octanol–water partition coefficient (Wildman–Crippen LogP) is 3.16.